The van der Waals surface area contributed by atoms with Gasteiger partial charge in [-0.25, -0.2) is 0 Å². The fraction of sp³-hybridized carbons (Fsp3) is 0.333. The van der Waals surface area contributed by atoms with E-state index >= 15 is 0 Å². The van der Waals surface area contributed by atoms with Gasteiger partial charge in [0.05, 0.1) is 34.9 Å². The molecule has 1 rings (SSSR count). The van der Waals surface area contributed by atoms with Crippen LogP contribution in [0, 0.1) is 10.1 Å². The summed E-state index contributed by atoms with van der Waals surface area (Å²) in [7, 11) is 0. The third-order valence-corrected chi connectivity index (χ3v) is 2.28. The van der Waals surface area contributed by atoms with Gasteiger partial charge in [-0.15, -0.1) is 0 Å². The summed E-state index contributed by atoms with van der Waals surface area (Å²) in [5, 5.41) is 31.1. The number of hydrogen-bond donors (Lipinski definition) is 3. The van der Waals surface area contributed by atoms with Crippen molar-refractivity contribution < 1.29 is 15.1 Å². The summed E-state index contributed by atoms with van der Waals surface area (Å²) < 4.78 is 0. The third kappa shape index (κ3) is 3.06. The van der Waals surface area contributed by atoms with Crippen LogP contribution in [0.3, 0.4) is 0 Å². The summed E-state index contributed by atoms with van der Waals surface area (Å²) in [6.07, 6.45) is 0. The Bertz CT molecular complexity index is 382. The van der Waals surface area contributed by atoms with Gasteiger partial charge in [0.2, 0.25) is 0 Å². The molecule has 1 aromatic carbocycles. The molecule has 0 aliphatic rings. The van der Waals surface area contributed by atoms with Gasteiger partial charge < -0.3 is 15.5 Å². The number of rotatable bonds is 5. The highest BCUT2D eigenvalue weighted by atomic mass is 35.5. The Morgan fingerprint density at radius 2 is 2.06 bits per heavy atom. The molecule has 7 heteroatoms. The van der Waals surface area contributed by atoms with Crippen LogP contribution in [0.4, 0.5) is 11.4 Å². The Labute approximate surface area is 96.6 Å². The van der Waals surface area contributed by atoms with Gasteiger partial charge in [-0.05, 0) is 6.07 Å². The van der Waals surface area contributed by atoms with Crippen LogP contribution in [0.1, 0.15) is 0 Å². The van der Waals surface area contributed by atoms with Crippen molar-refractivity contribution in [2.24, 2.45) is 0 Å². The van der Waals surface area contributed by atoms with E-state index in [9.17, 15) is 10.1 Å². The minimum atomic E-state index is -0.550. The molecule has 16 heavy (non-hydrogen) atoms. The number of nitro benzene ring substituents is 1. The molecular weight excluding hydrogens is 236 g/mol. The molecule has 0 aromatic heterocycles. The summed E-state index contributed by atoms with van der Waals surface area (Å²) in [5.74, 6) is 0. The number of nitrogens with one attached hydrogen (secondary N) is 1. The molecule has 0 atom stereocenters. The Kier molecular flexibility index (Phi) is 4.48. The lowest BCUT2D eigenvalue weighted by Crippen LogP contribution is -2.27. The number of anilines is 1. The average Bonchev–Trinajstić information content (AvgIpc) is 2.27. The topological polar surface area (TPSA) is 95.6 Å². The first-order chi connectivity index (χ1) is 7.58. The zero-order valence-electron chi connectivity index (χ0n) is 8.26. The Morgan fingerprint density at radius 1 is 1.44 bits per heavy atom. The van der Waals surface area contributed by atoms with Crippen molar-refractivity contribution in [3.63, 3.8) is 0 Å². The van der Waals surface area contributed by atoms with Gasteiger partial charge >= 0.3 is 0 Å². The van der Waals surface area contributed by atoms with Gasteiger partial charge in [0.25, 0.3) is 5.69 Å². The average molecular weight is 247 g/mol. The Hall–Kier alpha value is -1.37. The predicted molar refractivity (Wildman–Crippen MR) is 59.7 cm³/mol. The van der Waals surface area contributed by atoms with Crippen LogP contribution in [0.25, 0.3) is 0 Å². The van der Waals surface area contributed by atoms with Crippen LogP contribution < -0.4 is 5.32 Å². The molecule has 0 aliphatic carbocycles. The molecule has 0 bridgehead atoms. The van der Waals surface area contributed by atoms with Gasteiger partial charge in [0, 0.05) is 12.1 Å². The SMILES string of the molecule is O=[N+]([O-])c1ccc(NC(CO)CO)c(Cl)c1. The largest absolute Gasteiger partial charge is 0.394 e. The molecule has 0 amide bonds. The lowest BCUT2D eigenvalue weighted by atomic mass is 10.2. The zero-order valence-corrected chi connectivity index (χ0v) is 9.02. The summed E-state index contributed by atoms with van der Waals surface area (Å²) >= 11 is 5.80. The van der Waals surface area contributed by atoms with Crippen molar-refractivity contribution in [3.8, 4) is 0 Å². The number of aliphatic hydroxyl groups is 2. The minimum Gasteiger partial charge on any atom is -0.394 e. The van der Waals surface area contributed by atoms with Crippen molar-refractivity contribution in [1.29, 1.82) is 0 Å². The molecular formula is C9H11ClN2O4. The van der Waals surface area contributed by atoms with Gasteiger partial charge in [-0.3, -0.25) is 10.1 Å². The normalized spacial score (nSPS) is 10.5. The maximum atomic E-state index is 10.4. The molecule has 0 heterocycles. The Balaban J connectivity index is 2.86. The molecule has 1 aromatic rings. The van der Waals surface area contributed by atoms with Gasteiger partial charge in [0.1, 0.15) is 0 Å². The molecule has 6 nitrogen and oxygen atoms in total. The quantitative estimate of drug-likeness (QED) is 0.532. The number of aliphatic hydroxyl groups excluding tert-OH is 2. The predicted octanol–water partition coefficient (Wildman–Crippen LogP) is 1.01. The van der Waals surface area contributed by atoms with E-state index in [0.29, 0.717) is 5.69 Å². The number of non-ortho nitro benzene ring substituents is 1. The number of hydrogen-bond acceptors (Lipinski definition) is 5. The van der Waals surface area contributed by atoms with E-state index < -0.39 is 11.0 Å². The van der Waals surface area contributed by atoms with Crippen molar-refractivity contribution in [3.05, 3.63) is 33.3 Å². The van der Waals surface area contributed by atoms with E-state index in [1.807, 2.05) is 0 Å². The van der Waals surface area contributed by atoms with Crippen LogP contribution >= 0.6 is 11.6 Å². The highest BCUT2D eigenvalue weighted by molar-refractivity contribution is 6.33. The molecule has 0 fully saturated rings. The molecule has 3 N–H and O–H groups in total. The summed E-state index contributed by atoms with van der Waals surface area (Å²) in [6.45, 7) is -0.520. The molecule has 0 aliphatic heterocycles. The maximum absolute atomic E-state index is 10.4. The number of halogens is 1. The lowest BCUT2D eigenvalue weighted by Gasteiger charge is -2.15. The van der Waals surface area contributed by atoms with Crippen molar-refractivity contribution >= 4 is 23.0 Å². The number of benzene rings is 1. The van der Waals surface area contributed by atoms with Crippen LogP contribution in [0.5, 0.6) is 0 Å². The molecule has 0 saturated heterocycles. The highest BCUT2D eigenvalue weighted by Gasteiger charge is 2.12. The van der Waals surface area contributed by atoms with E-state index in [-0.39, 0.29) is 23.9 Å². The van der Waals surface area contributed by atoms with E-state index in [0.717, 1.165) is 0 Å². The summed E-state index contributed by atoms with van der Waals surface area (Å²) in [4.78, 5) is 9.90. The van der Waals surface area contributed by atoms with Crippen LogP contribution in [-0.4, -0.2) is 34.4 Å². The molecule has 0 saturated carbocycles. The van der Waals surface area contributed by atoms with E-state index in [2.05, 4.69) is 5.32 Å². The standard InChI is InChI=1S/C9H11ClN2O4/c10-8-3-7(12(15)16)1-2-9(8)11-6(4-13)5-14/h1-3,6,11,13-14H,4-5H2. The number of nitrogens with zero attached hydrogens (tertiary/aromatic N) is 1. The second-order valence-corrected chi connectivity index (χ2v) is 3.53. The fourth-order valence-electron chi connectivity index (χ4n) is 1.10. The lowest BCUT2D eigenvalue weighted by molar-refractivity contribution is -0.384. The molecule has 88 valence electrons. The molecule has 0 spiro atoms. The maximum Gasteiger partial charge on any atom is 0.271 e. The van der Waals surface area contributed by atoms with Crippen LogP contribution in [-0.2, 0) is 0 Å². The Morgan fingerprint density at radius 3 is 2.50 bits per heavy atom. The summed E-state index contributed by atoms with van der Waals surface area (Å²) in [5.41, 5.74) is 0.320. The highest BCUT2D eigenvalue weighted by Crippen LogP contribution is 2.26. The third-order valence-electron chi connectivity index (χ3n) is 1.96. The molecule has 0 unspecified atom stereocenters. The van der Waals surface area contributed by atoms with Crippen molar-refractivity contribution in [2.45, 2.75) is 6.04 Å². The van der Waals surface area contributed by atoms with Gasteiger partial charge in [-0.2, -0.15) is 0 Å². The summed E-state index contributed by atoms with van der Waals surface area (Å²) in [6, 6.07) is 3.38. The number of nitro groups is 1. The van der Waals surface area contributed by atoms with E-state index in [1.54, 1.807) is 0 Å². The van der Waals surface area contributed by atoms with Crippen LogP contribution in [0.15, 0.2) is 18.2 Å². The van der Waals surface area contributed by atoms with Gasteiger partial charge in [-0.1, -0.05) is 11.6 Å². The first-order valence-electron chi connectivity index (χ1n) is 4.50. The van der Waals surface area contributed by atoms with E-state index in [1.165, 1.54) is 18.2 Å². The second kappa shape index (κ2) is 5.64. The first-order valence-corrected chi connectivity index (χ1v) is 4.88. The smallest absolute Gasteiger partial charge is 0.271 e. The van der Waals surface area contributed by atoms with Gasteiger partial charge in [0.15, 0.2) is 0 Å². The first kappa shape index (κ1) is 12.7. The fourth-order valence-corrected chi connectivity index (χ4v) is 1.33. The zero-order chi connectivity index (χ0) is 12.1. The van der Waals surface area contributed by atoms with Crippen molar-refractivity contribution in [1.82, 2.24) is 0 Å². The van der Waals surface area contributed by atoms with E-state index in [4.69, 9.17) is 21.8 Å². The minimum absolute atomic E-state index is 0.111. The second-order valence-electron chi connectivity index (χ2n) is 3.13. The van der Waals surface area contributed by atoms with Crippen LogP contribution in [0.2, 0.25) is 5.02 Å². The molecule has 0 radical (unpaired) electrons. The van der Waals surface area contributed by atoms with Crippen molar-refractivity contribution in [2.75, 3.05) is 18.5 Å². The monoisotopic (exact) mass is 246 g/mol.